The lowest BCUT2D eigenvalue weighted by Gasteiger charge is -2.19. The van der Waals surface area contributed by atoms with Gasteiger partial charge in [0.1, 0.15) is 11.5 Å². The predicted octanol–water partition coefficient (Wildman–Crippen LogP) is 3.05. The van der Waals surface area contributed by atoms with Crippen molar-refractivity contribution in [2.45, 2.75) is 19.6 Å². The molecule has 7 nitrogen and oxygen atoms in total. The van der Waals surface area contributed by atoms with Gasteiger partial charge in [0.2, 0.25) is 0 Å². The summed E-state index contributed by atoms with van der Waals surface area (Å²) in [7, 11) is 0. The number of aromatic nitrogens is 4. The first kappa shape index (κ1) is 15.3. The summed E-state index contributed by atoms with van der Waals surface area (Å²) in [5.74, 6) is 2.51. The summed E-state index contributed by atoms with van der Waals surface area (Å²) in [6, 6.07) is 17.5. The molecule has 0 saturated heterocycles. The van der Waals surface area contributed by atoms with Crippen molar-refractivity contribution in [1.29, 1.82) is 0 Å². The van der Waals surface area contributed by atoms with Gasteiger partial charge in [-0.25, -0.2) is 0 Å². The lowest BCUT2D eigenvalue weighted by molar-refractivity contribution is 0.203. The SMILES string of the molecule is c1ccc(-n2nnnc2CN(Cc2ccco2)Cc2ccco2)cc1. The molecule has 0 unspecified atom stereocenters. The predicted molar refractivity (Wildman–Crippen MR) is 89.5 cm³/mol. The molecule has 4 rings (SSSR count). The standard InChI is InChI=1S/C18H17N5O2/c1-2-6-15(7-3-1)23-18(19-20-21-23)14-22(12-16-8-4-10-24-16)13-17-9-5-11-25-17/h1-11H,12-14H2. The largest absolute Gasteiger partial charge is 0.468 e. The fourth-order valence-corrected chi connectivity index (χ4v) is 2.69. The van der Waals surface area contributed by atoms with Crippen LogP contribution in [0.4, 0.5) is 0 Å². The molecule has 4 aromatic rings. The lowest BCUT2D eigenvalue weighted by Crippen LogP contribution is -2.24. The number of hydrogen-bond acceptors (Lipinski definition) is 6. The van der Waals surface area contributed by atoms with Crippen molar-refractivity contribution < 1.29 is 8.83 Å². The van der Waals surface area contributed by atoms with Gasteiger partial charge in [0, 0.05) is 0 Å². The molecule has 0 spiro atoms. The van der Waals surface area contributed by atoms with Gasteiger partial charge < -0.3 is 8.83 Å². The average molecular weight is 335 g/mol. The fourth-order valence-electron chi connectivity index (χ4n) is 2.69. The van der Waals surface area contributed by atoms with Gasteiger partial charge in [-0.05, 0) is 46.8 Å². The van der Waals surface area contributed by atoms with Gasteiger partial charge >= 0.3 is 0 Å². The smallest absolute Gasteiger partial charge is 0.170 e. The molecule has 0 bridgehead atoms. The molecular formula is C18H17N5O2. The van der Waals surface area contributed by atoms with Gasteiger partial charge in [0.05, 0.1) is 37.8 Å². The third-order valence-electron chi connectivity index (χ3n) is 3.82. The van der Waals surface area contributed by atoms with Crippen molar-refractivity contribution in [3.63, 3.8) is 0 Å². The molecule has 0 saturated carbocycles. The van der Waals surface area contributed by atoms with Gasteiger partial charge in [-0.2, -0.15) is 4.68 Å². The maximum atomic E-state index is 5.49. The van der Waals surface area contributed by atoms with Gasteiger partial charge in [0.25, 0.3) is 0 Å². The van der Waals surface area contributed by atoms with Crippen LogP contribution < -0.4 is 0 Å². The molecule has 0 amide bonds. The summed E-state index contributed by atoms with van der Waals surface area (Å²) >= 11 is 0. The molecule has 0 N–H and O–H groups in total. The Hall–Kier alpha value is -3.19. The van der Waals surface area contributed by atoms with E-state index in [9.17, 15) is 0 Å². The summed E-state index contributed by atoms with van der Waals surface area (Å²) in [4.78, 5) is 2.17. The fraction of sp³-hybridized carbons (Fsp3) is 0.167. The number of para-hydroxylation sites is 1. The number of tetrazole rings is 1. The van der Waals surface area contributed by atoms with Crippen LogP contribution in [0, 0.1) is 0 Å². The Morgan fingerprint density at radius 1 is 0.800 bits per heavy atom. The third-order valence-corrected chi connectivity index (χ3v) is 3.82. The van der Waals surface area contributed by atoms with E-state index in [1.807, 2.05) is 54.6 Å². The topological polar surface area (TPSA) is 73.1 Å². The number of benzene rings is 1. The molecule has 126 valence electrons. The zero-order valence-corrected chi connectivity index (χ0v) is 13.5. The number of nitrogens with zero attached hydrogens (tertiary/aromatic N) is 5. The van der Waals surface area contributed by atoms with E-state index < -0.39 is 0 Å². The summed E-state index contributed by atoms with van der Waals surface area (Å²) in [6.45, 7) is 1.83. The summed E-state index contributed by atoms with van der Waals surface area (Å²) in [6.07, 6.45) is 3.35. The van der Waals surface area contributed by atoms with Crippen LogP contribution >= 0.6 is 0 Å². The Morgan fingerprint density at radius 2 is 1.48 bits per heavy atom. The first-order chi connectivity index (χ1) is 12.4. The third kappa shape index (κ3) is 3.67. The van der Waals surface area contributed by atoms with Crippen molar-refractivity contribution in [3.05, 3.63) is 84.5 Å². The normalized spacial score (nSPS) is 11.2. The molecular weight excluding hydrogens is 318 g/mol. The highest BCUT2D eigenvalue weighted by Crippen LogP contribution is 2.15. The quantitative estimate of drug-likeness (QED) is 0.517. The highest BCUT2D eigenvalue weighted by atomic mass is 16.3. The van der Waals surface area contributed by atoms with E-state index >= 15 is 0 Å². The Bertz CT molecular complexity index is 849. The van der Waals surface area contributed by atoms with Gasteiger partial charge in [-0.15, -0.1) is 5.10 Å². The van der Waals surface area contributed by atoms with Gasteiger partial charge in [-0.3, -0.25) is 4.90 Å². The Kier molecular flexibility index (Phi) is 4.38. The van der Waals surface area contributed by atoms with E-state index in [1.54, 1.807) is 17.2 Å². The lowest BCUT2D eigenvalue weighted by atomic mass is 10.3. The van der Waals surface area contributed by atoms with Crippen LogP contribution in [0.15, 0.2) is 76.0 Å². The van der Waals surface area contributed by atoms with Crippen LogP contribution in [0.1, 0.15) is 17.3 Å². The first-order valence-electron chi connectivity index (χ1n) is 7.98. The van der Waals surface area contributed by atoms with Crippen molar-refractivity contribution >= 4 is 0 Å². The van der Waals surface area contributed by atoms with Crippen LogP contribution in [0.3, 0.4) is 0 Å². The van der Waals surface area contributed by atoms with E-state index in [0.717, 1.165) is 23.0 Å². The van der Waals surface area contributed by atoms with Crippen molar-refractivity contribution in [1.82, 2.24) is 25.1 Å². The number of hydrogen-bond donors (Lipinski definition) is 0. The summed E-state index contributed by atoms with van der Waals surface area (Å²) < 4.78 is 12.7. The monoisotopic (exact) mass is 335 g/mol. The van der Waals surface area contributed by atoms with Crippen LogP contribution in [-0.4, -0.2) is 25.1 Å². The maximum absolute atomic E-state index is 5.49. The molecule has 0 aliphatic heterocycles. The van der Waals surface area contributed by atoms with E-state index in [-0.39, 0.29) is 0 Å². The average Bonchev–Trinajstić information content (AvgIpc) is 3.38. The van der Waals surface area contributed by atoms with Crippen LogP contribution in [0.5, 0.6) is 0 Å². The van der Waals surface area contributed by atoms with Gasteiger partial charge in [0.15, 0.2) is 5.82 Å². The Labute approximate surface area is 144 Å². The molecule has 0 fully saturated rings. The molecule has 0 aliphatic carbocycles. The van der Waals surface area contributed by atoms with Gasteiger partial charge in [-0.1, -0.05) is 18.2 Å². The van der Waals surface area contributed by atoms with Crippen LogP contribution in [-0.2, 0) is 19.6 Å². The van der Waals surface area contributed by atoms with Crippen molar-refractivity contribution in [3.8, 4) is 5.69 Å². The minimum Gasteiger partial charge on any atom is -0.468 e. The molecule has 3 heterocycles. The first-order valence-corrected chi connectivity index (χ1v) is 7.98. The van der Waals surface area contributed by atoms with E-state index in [2.05, 4.69) is 20.4 Å². The summed E-state index contributed by atoms with van der Waals surface area (Å²) in [5, 5.41) is 12.1. The van der Waals surface area contributed by atoms with E-state index in [4.69, 9.17) is 8.83 Å². The molecule has 1 aromatic carbocycles. The Morgan fingerprint density at radius 3 is 2.08 bits per heavy atom. The Balaban J connectivity index is 1.57. The van der Waals surface area contributed by atoms with E-state index in [0.29, 0.717) is 19.6 Å². The summed E-state index contributed by atoms with van der Waals surface area (Å²) in [5.41, 5.74) is 0.929. The highest BCUT2D eigenvalue weighted by molar-refractivity contribution is 5.30. The van der Waals surface area contributed by atoms with Crippen LogP contribution in [0.25, 0.3) is 5.69 Å². The minimum absolute atomic E-state index is 0.559. The number of rotatable bonds is 7. The molecule has 25 heavy (non-hydrogen) atoms. The maximum Gasteiger partial charge on any atom is 0.170 e. The van der Waals surface area contributed by atoms with Crippen molar-refractivity contribution in [2.75, 3.05) is 0 Å². The zero-order chi connectivity index (χ0) is 16.9. The second-order valence-electron chi connectivity index (χ2n) is 5.65. The van der Waals surface area contributed by atoms with E-state index in [1.165, 1.54) is 0 Å². The van der Waals surface area contributed by atoms with Crippen molar-refractivity contribution in [2.24, 2.45) is 0 Å². The molecule has 0 radical (unpaired) electrons. The minimum atomic E-state index is 0.559. The second-order valence-corrected chi connectivity index (χ2v) is 5.65. The van der Waals surface area contributed by atoms with Crippen LogP contribution in [0.2, 0.25) is 0 Å². The molecule has 0 atom stereocenters. The molecule has 7 heteroatoms. The molecule has 3 aromatic heterocycles. The number of furan rings is 2. The molecule has 0 aliphatic rings. The highest BCUT2D eigenvalue weighted by Gasteiger charge is 2.16. The zero-order valence-electron chi connectivity index (χ0n) is 13.5. The second kappa shape index (κ2) is 7.14.